The SMILES string of the molecule is Cc1cc2c(c3ccccc13)C(C)(C)CC2N. The van der Waals surface area contributed by atoms with Crippen LogP contribution in [0.5, 0.6) is 0 Å². The van der Waals surface area contributed by atoms with Gasteiger partial charge < -0.3 is 5.73 Å². The van der Waals surface area contributed by atoms with Crippen LogP contribution >= 0.6 is 0 Å². The molecule has 0 aliphatic heterocycles. The van der Waals surface area contributed by atoms with Gasteiger partial charge >= 0.3 is 0 Å². The van der Waals surface area contributed by atoms with Crippen molar-refractivity contribution < 1.29 is 0 Å². The van der Waals surface area contributed by atoms with E-state index in [1.54, 1.807) is 0 Å². The van der Waals surface area contributed by atoms with E-state index in [0.717, 1.165) is 6.42 Å². The molecule has 0 saturated carbocycles. The molecular weight excluding hydrogens is 206 g/mol. The number of hydrogen-bond donors (Lipinski definition) is 1. The maximum atomic E-state index is 6.28. The number of aryl methyl sites for hydroxylation is 1. The van der Waals surface area contributed by atoms with Gasteiger partial charge in [0.2, 0.25) is 0 Å². The molecule has 0 aromatic heterocycles. The molecule has 3 rings (SSSR count). The summed E-state index contributed by atoms with van der Waals surface area (Å²) < 4.78 is 0. The molecule has 2 aromatic carbocycles. The topological polar surface area (TPSA) is 26.0 Å². The molecule has 1 atom stereocenters. The zero-order valence-corrected chi connectivity index (χ0v) is 10.7. The predicted molar refractivity (Wildman–Crippen MR) is 73.3 cm³/mol. The van der Waals surface area contributed by atoms with E-state index in [0.29, 0.717) is 0 Å². The van der Waals surface area contributed by atoms with E-state index in [1.165, 1.54) is 27.5 Å². The molecule has 1 nitrogen and oxygen atoms in total. The van der Waals surface area contributed by atoms with Gasteiger partial charge in [-0.05, 0) is 46.2 Å². The number of nitrogens with two attached hydrogens (primary N) is 1. The van der Waals surface area contributed by atoms with E-state index in [-0.39, 0.29) is 11.5 Å². The van der Waals surface area contributed by atoms with Crippen molar-refractivity contribution in [1.29, 1.82) is 0 Å². The molecule has 0 bridgehead atoms. The molecule has 2 N–H and O–H groups in total. The molecule has 1 aliphatic rings. The first-order valence-electron chi connectivity index (χ1n) is 6.29. The Kier molecular flexibility index (Phi) is 2.11. The molecule has 0 fully saturated rings. The van der Waals surface area contributed by atoms with Crippen LogP contribution in [0.1, 0.15) is 43.0 Å². The van der Waals surface area contributed by atoms with Crippen LogP contribution in [0.2, 0.25) is 0 Å². The Balaban J connectivity index is 2.47. The van der Waals surface area contributed by atoms with Gasteiger partial charge in [-0.15, -0.1) is 0 Å². The molecule has 2 aromatic rings. The van der Waals surface area contributed by atoms with E-state index >= 15 is 0 Å². The van der Waals surface area contributed by atoms with Crippen molar-refractivity contribution in [3.05, 3.63) is 47.0 Å². The van der Waals surface area contributed by atoms with Crippen molar-refractivity contribution in [1.82, 2.24) is 0 Å². The number of benzene rings is 2. The smallest absolute Gasteiger partial charge is 0.0306 e. The molecule has 0 saturated heterocycles. The first-order chi connectivity index (χ1) is 8.00. The van der Waals surface area contributed by atoms with Gasteiger partial charge in [-0.2, -0.15) is 0 Å². The highest BCUT2D eigenvalue weighted by Gasteiger charge is 2.36. The Morgan fingerprint density at radius 1 is 1.18 bits per heavy atom. The first kappa shape index (κ1) is 10.8. The van der Waals surface area contributed by atoms with Gasteiger partial charge in [-0.25, -0.2) is 0 Å². The minimum atomic E-state index is 0.196. The summed E-state index contributed by atoms with van der Waals surface area (Å²) in [5.74, 6) is 0. The van der Waals surface area contributed by atoms with Gasteiger partial charge in [-0.3, -0.25) is 0 Å². The second-order valence-electron chi connectivity index (χ2n) is 5.90. The Hall–Kier alpha value is -1.34. The highest BCUT2D eigenvalue weighted by atomic mass is 14.7. The van der Waals surface area contributed by atoms with Gasteiger partial charge in [0.05, 0.1) is 0 Å². The zero-order chi connectivity index (χ0) is 12.2. The summed E-state index contributed by atoms with van der Waals surface area (Å²) in [6, 6.07) is 11.2. The van der Waals surface area contributed by atoms with Crippen molar-refractivity contribution in [2.75, 3.05) is 0 Å². The molecular formula is C16H19N. The van der Waals surface area contributed by atoms with Crippen LogP contribution in [0, 0.1) is 6.92 Å². The second-order valence-corrected chi connectivity index (χ2v) is 5.90. The molecule has 88 valence electrons. The monoisotopic (exact) mass is 225 g/mol. The Morgan fingerprint density at radius 2 is 1.82 bits per heavy atom. The summed E-state index contributed by atoms with van der Waals surface area (Å²) >= 11 is 0. The number of rotatable bonds is 0. The summed E-state index contributed by atoms with van der Waals surface area (Å²) in [5, 5.41) is 2.76. The Bertz CT molecular complexity index is 596. The first-order valence-corrected chi connectivity index (χ1v) is 6.29. The van der Waals surface area contributed by atoms with Crippen molar-refractivity contribution in [3.63, 3.8) is 0 Å². The van der Waals surface area contributed by atoms with E-state index in [2.05, 4.69) is 51.1 Å². The molecule has 17 heavy (non-hydrogen) atoms. The minimum Gasteiger partial charge on any atom is -0.324 e. The maximum Gasteiger partial charge on any atom is 0.0306 e. The average molecular weight is 225 g/mol. The molecule has 0 spiro atoms. The Labute approximate surface area is 103 Å². The van der Waals surface area contributed by atoms with E-state index in [9.17, 15) is 0 Å². The van der Waals surface area contributed by atoms with Crippen LogP contribution in [0.4, 0.5) is 0 Å². The zero-order valence-electron chi connectivity index (χ0n) is 10.7. The molecule has 1 heteroatoms. The summed E-state index contributed by atoms with van der Waals surface area (Å²) in [4.78, 5) is 0. The van der Waals surface area contributed by atoms with Crippen molar-refractivity contribution in [2.24, 2.45) is 5.73 Å². The van der Waals surface area contributed by atoms with Crippen LogP contribution in [-0.2, 0) is 5.41 Å². The fourth-order valence-electron chi connectivity index (χ4n) is 3.39. The van der Waals surface area contributed by atoms with Crippen LogP contribution in [-0.4, -0.2) is 0 Å². The van der Waals surface area contributed by atoms with E-state index < -0.39 is 0 Å². The van der Waals surface area contributed by atoms with Crippen molar-refractivity contribution in [3.8, 4) is 0 Å². The number of hydrogen-bond acceptors (Lipinski definition) is 1. The van der Waals surface area contributed by atoms with Crippen LogP contribution in [0.3, 0.4) is 0 Å². The summed E-state index contributed by atoms with van der Waals surface area (Å²) in [6.07, 6.45) is 1.05. The van der Waals surface area contributed by atoms with Crippen LogP contribution in [0.15, 0.2) is 30.3 Å². The van der Waals surface area contributed by atoms with Crippen molar-refractivity contribution >= 4 is 10.8 Å². The molecule has 0 amide bonds. The fraction of sp³-hybridized carbons (Fsp3) is 0.375. The average Bonchev–Trinajstić information content (AvgIpc) is 2.49. The lowest BCUT2D eigenvalue weighted by atomic mass is 9.83. The maximum absolute atomic E-state index is 6.28. The predicted octanol–water partition coefficient (Wildman–Crippen LogP) is 3.83. The second kappa shape index (κ2) is 3.33. The Morgan fingerprint density at radius 3 is 2.53 bits per heavy atom. The van der Waals surface area contributed by atoms with Gasteiger partial charge in [-0.1, -0.05) is 44.2 Å². The van der Waals surface area contributed by atoms with Crippen LogP contribution < -0.4 is 5.73 Å². The van der Waals surface area contributed by atoms with Gasteiger partial charge in [0, 0.05) is 6.04 Å². The largest absolute Gasteiger partial charge is 0.324 e. The molecule has 0 radical (unpaired) electrons. The molecule has 1 unspecified atom stereocenters. The van der Waals surface area contributed by atoms with Crippen molar-refractivity contribution in [2.45, 2.75) is 38.6 Å². The normalized spacial score (nSPS) is 21.8. The standard InChI is InChI=1S/C16H19N/c1-10-8-13-14(17)9-16(2,3)15(13)12-7-5-4-6-11(10)12/h4-8,14H,9,17H2,1-3H3. The lowest BCUT2D eigenvalue weighted by Gasteiger charge is -2.21. The molecule has 0 heterocycles. The highest BCUT2D eigenvalue weighted by Crippen LogP contribution is 2.47. The summed E-state index contributed by atoms with van der Waals surface area (Å²) in [5.41, 5.74) is 10.6. The third-order valence-electron chi connectivity index (χ3n) is 4.09. The quantitative estimate of drug-likeness (QED) is 0.724. The third-order valence-corrected chi connectivity index (χ3v) is 4.09. The van der Waals surface area contributed by atoms with Gasteiger partial charge in [0.15, 0.2) is 0 Å². The minimum absolute atomic E-state index is 0.196. The lowest BCUT2D eigenvalue weighted by molar-refractivity contribution is 0.483. The number of fused-ring (bicyclic) bond motifs is 3. The van der Waals surface area contributed by atoms with E-state index in [4.69, 9.17) is 5.73 Å². The van der Waals surface area contributed by atoms with E-state index in [1.807, 2.05) is 0 Å². The summed E-state index contributed by atoms with van der Waals surface area (Å²) in [6.45, 7) is 6.79. The summed E-state index contributed by atoms with van der Waals surface area (Å²) in [7, 11) is 0. The third kappa shape index (κ3) is 1.42. The molecule has 1 aliphatic carbocycles. The fourth-order valence-corrected chi connectivity index (χ4v) is 3.39. The van der Waals surface area contributed by atoms with Gasteiger partial charge in [0.1, 0.15) is 0 Å². The van der Waals surface area contributed by atoms with Crippen LogP contribution in [0.25, 0.3) is 10.8 Å². The highest BCUT2D eigenvalue weighted by molar-refractivity contribution is 5.91. The van der Waals surface area contributed by atoms with Gasteiger partial charge in [0.25, 0.3) is 0 Å². The lowest BCUT2D eigenvalue weighted by Crippen LogP contribution is -2.14.